The highest BCUT2D eigenvalue weighted by atomic mass is 31.2. The summed E-state index contributed by atoms with van der Waals surface area (Å²) < 4.78 is 21.3. The number of rotatable bonds is 6. The minimum absolute atomic E-state index is 0.0364. The lowest BCUT2D eigenvalue weighted by Gasteiger charge is -2.13. The second kappa shape index (κ2) is 5.47. The monoisotopic (exact) mass is 179 g/mol. The van der Waals surface area contributed by atoms with Gasteiger partial charge in [-0.2, -0.15) is 0 Å². The van der Waals surface area contributed by atoms with Crippen LogP contribution in [0.25, 0.3) is 0 Å². The van der Waals surface area contributed by atoms with Gasteiger partial charge in [0.15, 0.2) is 0 Å². The molecular formula is C6H14NO3P. The number of hydrogen-bond acceptors (Lipinski definition) is 4. The van der Waals surface area contributed by atoms with E-state index in [1.165, 1.54) is 0 Å². The molecule has 0 saturated heterocycles. The van der Waals surface area contributed by atoms with Gasteiger partial charge in [-0.25, -0.2) is 0 Å². The van der Waals surface area contributed by atoms with Gasteiger partial charge in [-0.05, 0) is 20.6 Å². The summed E-state index contributed by atoms with van der Waals surface area (Å²) >= 11 is 0. The fourth-order valence-electron chi connectivity index (χ4n) is 0.635. The van der Waals surface area contributed by atoms with E-state index < -0.39 is 7.60 Å². The Morgan fingerprint density at radius 2 is 1.82 bits per heavy atom. The first-order valence-electron chi connectivity index (χ1n) is 3.49. The van der Waals surface area contributed by atoms with E-state index in [1.807, 2.05) is 0 Å². The smallest absolute Gasteiger partial charge is 0.308 e. The first kappa shape index (κ1) is 10.8. The molecule has 0 aliphatic carbocycles. The molecule has 4 nitrogen and oxygen atoms in total. The summed E-state index contributed by atoms with van der Waals surface area (Å²) in [5.74, 6) is 0. The average Bonchev–Trinajstić information content (AvgIpc) is 1.88. The second-order valence-electron chi connectivity index (χ2n) is 1.81. The summed E-state index contributed by atoms with van der Waals surface area (Å²) in [6.07, 6.45) is 0.0364. The van der Waals surface area contributed by atoms with E-state index >= 15 is 0 Å². The van der Waals surface area contributed by atoms with Crippen LogP contribution in [0.2, 0.25) is 0 Å². The third-order valence-electron chi connectivity index (χ3n) is 0.925. The van der Waals surface area contributed by atoms with Crippen molar-refractivity contribution in [2.45, 2.75) is 13.8 Å². The molecule has 0 rings (SSSR count). The molecule has 0 radical (unpaired) electrons. The van der Waals surface area contributed by atoms with E-state index in [-0.39, 0.29) is 6.29 Å². The minimum Gasteiger partial charge on any atom is -0.308 e. The van der Waals surface area contributed by atoms with Crippen molar-refractivity contribution in [2.24, 2.45) is 4.99 Å². The number of nitrogens with zero attached hydrogens (tertiary/aromatic N) is 1. The topological polar surface area (TPSA) is 47.9 Å². The van der Waals surface area contributed by atoms with Crippen LogP contribution in [0.4, 0.5) is 0 Å². The van der Waals surface area contributed by atoms with Crippen LogP contribution >= 0.6 is 7.60 Å². The molecule has 0 atom stereocenters. The van der Waals surface area contributed by atoms with Gasteiger partial charge in [0.1, 0.15) is 6.29 Å². The molecule has 0 spiro atoms. The molecule has 0 N–H and O–H groups in total. The standard InChI is InChI=1S/C6H14NO3P/c1-4-9-11(8,6-7-3)10-5-2/h3-6H2,1-2H3. The molecule has 0 aromatic carbocycles. The van der Waals surface area contributed by atoms with Crippen molar-refractivity contribution in [3.63, 3.8) is 0 Å². The zero-order chi connectivity index (χ0) is 8.74. The second-order valence-corrected chi connectivity index (χ2v) is 3.83. The number of aliphatic imine (C=N–C) groups is 1. The Morgan fingerprint density at radius 1 is 1.36 bits per heavy atom. The molecule has 66 valence electrons. The van der Waals surface area contributed by atoms with Crippen LogP contribution in [0, 0.1) is 0 Å². The Morgan fingerprint density at radius 3 is 2.09 bits per heavy atom. The lowest BCUT2D eigenvalue weighted by atomic mass is 10.9. The van der Waals surface area contributed by atoms with Crippen molar-refractivity contribution in [3.8, 4) is 0 Å². The van der Waals surface area contributed by atoms with Crippen LogP contribution in [0.15, 0.2) is 4.99 Å². The maximum absolute atomic E-state index is 11.4. The fraction of sp³-hybridized carbons (Fsp3) is 0.833. The van der Waals surface area contributed by atoms with Gasteiger partial charge in [-0.1, -0.05) is 0 Å². The third-order valence-corrected chi connectivity index (χ3v) is 2.77. The highest BCUT2D eigenvalue weighted by Gasteiger charge is 2.21. The molecule has 0 aromatic heterocycles. The van der Waals surface area contributed by atoms with Gasteiger partial charge >= 0.3 is 7.60 Å². The molecule has 5 heteroatoms. The zero-order valence-corrected chi connectivity index (χ0v) is 7.84. The van der Waals surface area contributed by atoms with Crippen LogP contribution in [0.5, 0.6) is 0 Å². The lowest BCUT2D eigenvalue weighted by molar-refractivity contribution is 0.221. The molecule has 11 heavy (non-hydrogen) atoms. The van der Waals surface area contributed by atoms with Crippen molar-refractivity contribution < 1.29 is 13.6 Å². The van der Waals surface area contributed by atoms with E-state index in [4.69, 9.17) is 9.05 Å². The van der Waals surface area contributed by atoms with Crippen molar-refractivity contribution >= 4 is 14.3 Å². The van der Waals surface area contributed by atoms with Gasteiger partial charge in [0.25, 0.3) is 0 Å². The van der Waals surface area contributed by atoms with Crippen LogP contribution in [0.3, 0.4) is 0 Å². The lowest BCUT2D eigenvalue weighted by Crippen LogP contribution is -1.97. The molecular weight excluding hydrogens is 165 g/mol. The Bertz CT molecular complexity index is 150. The van der Waals surface area contributed by atoms with Crippen molar-refractivity contribution in [1.82, 2.24) is 0 Å². The van der Waals surface area contributed by atoms with Crippen molar-refractivity contribution in [3.05, 3.63) is 0 Å². The van der Waals surface area contributed by atoms with Gasteiger partial charge in [-0.15, -0.1) is 0 Å². The molecule has 0 aromatic rings. The summed E-state index contributed by atoms with van der Waals surface area (Å²) in [6.45, 7) is 7.48. The Balaban J connectivity index is 4.01. The van der Waals surface area contributed by atoms with Gasteiger partial charge in [-0.3, -0.25) is 9.56 Å². The summed E-state index contributed by atoms with van der Waals surface area (Å²) in [6, 6.07) is 0. The molecule has 0 fully saturated rings. The third kappa shape index (κ3) is 4.30. The van der Waals surface area contributed by atoms with E-state index in [0.717, 1.165) is 0 Å². The van der Waals surface area contributed by atoms with Gasteiger partial charge in [0.05, 0.1) is 13.2 Å². The molecule has 0 unspecified atom stereocenters. The van der Waals surface area contributed by atoms with Crippen molar-refractivity contribution in [1.29, 1.82) is 0 Å². The van der Waals surface area contributed by atoms with Crippen molar-refractivity contribution in [2.75, 3.05) is 19.5 Å². The highest BCUT2D eigenvalue weighted by molar-refractivity contribution is 7.53. The molecule has 0 aliphatic heterocycles. The van der Waals surface area contributed by atoms with Crippen LogP contribution in [0.1, 0.15) is 13.8 Å². The first-order chi connectivity index (χ1) is 5.18. The van der Waals surface area contributed by atoms with Crippen LogP contribution in [-0.2, 0) is 13.6 Å². The van der Waals surface area contributed by atoms with E-state index in [1.54, 1.807) is 13.8 Å². The zero-order valence-electron chi connectivity index (χ0n) is 6.95. The Kier molecular flexibility index (Phi) is 5.38. The average molecular weight is 179 g/mol. The maximum atomic E-state index is 11.4. The predicted octanol–water partition coefficient (Wildman–Crippen LogP) is 1.91. The van der Waals surface area contributed by atoms with Gasteiger partial charge < -0.3 is 9.05 Å². The predicted molar refractivity (Wildman–Crippen MR) is 45.3 cm³/mol. The normalized spacial score (nSPS) is 11.5. The van der Waals surface area contributed by atoms with E-state index in [2.05, 4.69) is 11.7 Å². The molecule has 0 bridgehead atoms. The molecule has 0 heterocycles. The molecule has 0 aliphatic rings. The minimum atomic E-state index is -2.95. The fourth-order valence-corrected chi connectivity index (χ4v) is 1.90. The van der Waals surface area contributed by atoms with E-state index in [0.29, 0.717) is 13.2 Å². The largest absolute Gasteiger partial charge is 0.351 e. The Hall–Kier alpha value is -0.180. The summed E-state index contributed by atoms with van der Waals surface area (Å²) in [7, 11) is -2.95. The van der Waals surface area contributed by atoms with Gasteiger partial charge in [0, 0.05) is 0 Å². The maximum Gasteiger partial charge on any atom is 0.351 e. The van der Waals surface area contributed by atoms with E-state index in [9.17, 15) is 4.57 Å². The highest BCUT2D eigenvalue weighted by Crippen LogP contribution is 2.47. The molecule has 0 amide bonds. The number of hydrogen-bond donors (Lipinski definition) is 0. The van der Waals surface area contributed by atoms with Crippen LogP contribution in [-0.4, -0.2) is 26.2 Å². The molecule has 0 saturated carbocycles. The SMILES string of the molecule is C=NCP(=O)(OCC)OCC. The quantitative estimate of drug-likeness (QED) is 0.462. The Labute approximate surface area is 67.1 Å². The van der Waals surface area contributed by atoms with Gasteiger partial charge in [0.2, 0.25) is 0 Å². The van der Waals surface area contributed by atoms with Crippen LogP contribution < -0.4 is 0 Å². The first-order valence-corrected chi connectivity index (χ1v) is 5.22. The summed E-state index contributed by atoms with van der Waals surface area (Å²) in [5.41, 5.74) is 0. The summed E-state index contributed by atoms with van der Waals surface area (Å²) in [4.78, 5) is 3.48. The summed E-state index contributed by atoms with van der Waals surface area (Å²) in [5, 5.41) is 0.